The number of fused-ring (bicyclic) bond motifs is 3. The Labute approximate surface area is 140 Å². The van der Waals surface area contributed by atoms with Crippen molar-refractivity contribution in [1.29, 1.82) is 0 Å². The molecule has 1 aromatic rings. The third-order valence-corrected chi connectivity index (χ3v) is 5.57. The Morgan fingerprint density at radius 1 is 1.41 bits per heavy atom. The number of anilines is 1. The first-order chi connectivity index (χ1) is 10.5. The van der Waals surface area contributed by atoms with Crippen molar-refractivity contribution < 1.29 is 4.79 Å². The van der Waals surface area contributed by atoms with Crippen molar-refractivity contribution in [2.75, 3.05) is 31.5 Å². The zero-order valence-electron chi connectivity index (χ0n) is 12.5. The Morgan fingerprint density at radius 2 is 2.14 bits per heavy atom. The summed E-state index contributed by atoms with van der Waals surface area (Å²) in [6.45, 7) is 6.38. The van der Waals surface area contributed by atoms with E-state index in [1.165, 1.54) is 32.1 Å². The minimum atomic E-state index is -0.261. The van der Waals surface area contributed by atoms with Gasteiger partial charge in [-0.2, -0.15) is 0 Å². The zero-order chi connectivity index (χ0) is 15.7. The summed E-state index contributed by atoms with van der Waals surface area (Å²) in [6.07, 6.45) is 3.89. The standard InChI is InChI=1S/C15H20Cl2N4O/c1-15(9-21-4-2-10(15)3-5-21)8-19-14(22)20-13-6-11(16)12(17)7-18-13/h6-7,10H,2-5,8-9H2,1H3,(H2,18,19,20,22)/t15-/m1/s1. The molecule has 7 heteroatoms. The molecular formula is C15H20Cl2N4O. The van der Waals surface area contributed by atoms with Crippen LogP contribution in [0.15, 0.2) is 12.3 Å². The van der Waals surface area contributed by atoms with E-state index in [1.807, 2.05) is 0 Å². The topological polar surface area (TPSA) is 57.3 Å². The number of aromatic nitrogens is 1. The lowest BCUT2D eigenvalue weighted by Crippen LogP contribution is -2.57. The lowest BCUT2D eigenvalue weighted by molar-refractivity contribution is -0.0140. The van der Waals surface area contributed by atoms with Crippen LogP contribution in [0.25, 0.3) is 0 Å². The van der Waals surface area contributed by atoms with Gasteiger partial charge in [-0.3, -0.25) is 5.32 Å². The number of pyridine rings is 1. The molecule has 2 bridgehead atoms. The second kappa shape index (κ2) is 6.22. The van der Waals surface area contributed by atoms with Gasteiger partial charge in [-0.15, -0.1) is 0 Å². The van der Waals surface area contributed by atoms with Gasteiger partial charge in [-0.1, -0.05) is 30.1 Å². The summed E-state index contributed by atoms with van der Waals surface area (Å²) in [5, 5.41) is 6.40. The molecule has 1 atom stereocenters. The summed E-state index contributed by atoms with van der Waals surface area (Å²) in [4.78, 5) is 18.6. The Hall–Kier alpha value is -1.04. The van der Waals surface area contributed by atoms with Gasteiger partial charge in [0.2, 0.25) is 0 Å². The van der Waals surface area contributed by atoms with Gasteiger partial charge in [0.05, 0.1) is 10.0 Å². The van der Waals surface area contributed by atoms with Gasteiger partial charge < -0.3 is 10.2 Å². The van der Waals surface area contributed by atoms with E-state index >= 15 is 0 Å². The molecular weight excluding hydrogens is 323 g/mol. The predicted molar refractivity (Wildman–Crippen MR) is 88.5 cm³/mol. The lowest BCUT2D eigenvalue weighted by atomic mass is 9.68. The Kier molecular flexibility index (Phi) is 4.48. The molecule has 22 heavy (non-hydrogen) atoms. The summed E-state index contributed by atoms with van der Waals surface area (Å²) < 4.78 is 0. The van der Waals surface area contributed by atoms with E-state index in [1.54, 1.807) is 6.07 Å². The molecule has 0 saturated carbocycles. The van der Waals surface area contributed by atoms with E-state index in [0.717, 1.165) is 6.54 Å². The Morgan fingerprint density at radius 3 is 2.73 bits per heavy atom. The van der Waals surface area contributed by atoms with Crippen LogP contribution in [0.1, 0.15) is 19.8 Å². The van der Waals surface area contributed by atoms with Gasteiger partial charge in [-0.25, -0.2) is 9.78 Å². The maximum atomic E-state index is 12.0. The van der Waals surface area contributed by atoms with Crippen LogP contribution in [0.2, 0.25) is 10.0 Å². The van der Waals surface area contributed by atoms with Gasteiger partial charge in [0.1, 0.15) is 5.82 Å². The molecule has 3 aliphatic rings. The van der Waals surface area contributed by atoms with E-state index in [-0.39, 0.29) is 11.4 Å². The normalized spacial score (nSPS) is 30.1. The average Bonchev–Trinajstić information content (AvgIpc) is 2.50. The van der Waals surface area contributed by atoms with Crippen LogP contribution in [-0.4, -0.2) is 42.1 Å². The highest BCUT2D eigenvalue weighted by Crippen LogP contribution is 2.41. The van der Waals surface area contributed by atoms with Crippen LogP contribution in [0, 0.1) is 11.3 Å². The van der Waals surface area contributed by atoms with E-state index in [2.05, 4.69) is 27.4 Å². The molecule has 3 aliphatic heterocycles. The molecule has 5 nitrogen and oxygen atoms in total. The number of hydrogen-bond acceptors (Lipinski definition) is 3. The molecule has 2 N–H and O–H groups in total. The van der Waals surface area contributed by atoms with Crippen LogP contribution in [0.3, 0.4) is 0 Å². The largest absolute Gasteiger partial charge is 0.337 e. The number of carbonyl (C=O) groups excluding carboxylic acids is 1. The van der Waals surface area contributed by atoms with E-state index < -0.39 is 0 Å². The summed E-state index contributed by atoms with van der Waals surface area (Å²) in [7, 11) is 0. The number of piperidine rings is 3. The van der Waals surface area contributed by atoms with Crippen molar-refractivity contribution in [1.82, 2.24) is 15.2 Å². The maximum Gasteiger partial charge on any atom is 0.320 e. The zero-order valence-corrected chi connectivity index (χ0v) is 14.0. The number of rotatable bonds is 3. The van der Waals surface area contributed by atoms with Gasteiger partial charge in [-0.05, 0) is 31.8 Å². The number of halogens is 2. The number of nitrogens with one attached hydrogen (secondary N) is 2. The summed E-state index contributed by atoms with van der Waals surface area (Å²) >= 11 is 11.7. The van der Waals surface area contributed by atoms with Gasteiger partial charge in [0, 0.05) is 30.8 Å². The Balaban J connectivity index is 1.55. The first kappa shape index (κ1) is 15.8. The number of hydrogen-bond donors (Lipinski definition) is 2. The van der Waals surface area contributed by atoms with Crippen molar-refractivity contribution in [2.24, 2.45) is 11.3 Å². The number of amides is 2. The maximum absolute atomic E-state index is 12.0. The fourth-order valence-corrected chi connectivity index (χ4v) is 3.81. The van der Waals surface area contributed by atoms with Gasteiger partial charge >= 0.3 is 6.03 Å². The first-order valence-electron chi connectivity index (χ1n) is 7.54. The second-order valence-corrected chi connectivity index (χ2v) is 7.31. The van der Waals surface area contributed by atoms with Crippen LogP contribution in [-0.2, 0) is 0 Å². The van der Waals surface area contributed by atoms with Crippen LogP contribution >= 0.6 is 23.2 Å². The molecule has 3 fully saturated rings. The van der Waals surface area contributed by atoms with Crippen molar-refractivity contribution in [3.63, 3.8) is 0 Å². The van der Waals surface area contributed by atoms with Gasteiger partial charge in [0.15, 0.2) is 0 Å². The molecule has 4 heterocycles. The fraction of sp³-hybridized carbons (Fsp3) is 0.600. The summed E-state index contributed by atoms with van der Waals surface area (Å²) in [5.74, 6) is 1.09. The molecule has 0 radical (unpaired) electrons. The minimum absolute atomic E-state index is 0.152. The van der Waals surface area contributed by atoms with Crippen molar-refractivity contribution in [2.45, 2.75) is 19.8 Å². The minimum Gasteiger partial charge on any atom is -0.337 e. The predicted octanol–water partition coefficient (Wildman–Crippen LogP) is 3.24. The summed E-state index contributed by atoms with van der Waals surface area (Å²) in [5.41, 5.74) is 0.152. The first-order valence-corrected chi connectivity index (χ1v) is 8.30. The van der Waals surface area contributed by atoms with Crippen LogP contribution in [0.4, 0.5) is 10.6 Å². The third-order valence-electron chi connectivity index (χ3n) is 4.86. The highest BCUT2D eigenvalue weighted by atomic mass is 35.5. The quantitative estimate of drug-likeness (QED) is 0.886. The molecule has 4 rings (SSSR count). The molecule has 1 aromatic heterocycles. The van der Waals surface area contributed by atoms with Crippen LogP contribution in [0.5, 0.6) is 0 Å². The van der Waals surface area contributed by atoms with Crippen molar-refractivity contribution >= 4 is 35.1 Å². The molecule has 120 valence electrons. The molecule has 0 aliphatic carbocycles. The average molecular weight is 343 g/mol. The van der Waals surface area contributed by atoms with E-state index in [4.69, 9.17) is 23.2 Å². The molecule has 3 saturated heterocycles. The molecule has 2 amide bonds. The highest BCUT2D eigenvalue weighted by Gasteiger charge is 2.43. The summed E-state index contributed by atoms with van der Waals surface area (Å²) in [6, 6.07) is 1.28. The number of nitrogens with zero attached hydrogens (tertiary/aromatic N) is 2. The smallest absolute Gasteiger partial charge is 0.320 e. The monoisotopic (exact) mass is 342 g/mol. The lowest BCUT2D eigenvalue weighted by Gasteiger charge is -2.51. The second-order valence-electron chi connectivity index (χ2n) is 6.50. The van der Waals surface area contributed by atoms with E-state index in [0.29, 0.717) is 28.3 Å². The third kappa shape index (κ3) is 3.31. The molecule has 0 unspecified atom stereocenters. The Bertz CT molecular complexity index is 575. The SMILES string of the molecule is C[C@@]1(CNC(=O)Nc2cc(Cl)c(Cl)cn2)CN2CCC1CC2. The number of urea groups is 1. The molecule has 0 aromatic carbocycles. The van der Waals surface area contributed by atoms with Gasteiger partial charge in [0.25, 0.3) is 0 Å². The van der Waals surface area contributed by atoms with E-state index in [9.17, 15) is 4.79 Å². The van der Waals surface area contributed by atoms with Crippen molar-refractivity contribution in [3.05, 3.63) is 22.3 Å². The highest BCUT2D eigenvalue weighted by molar-refractivity contribution is 6.42. The number of carbonyl (C=O) groups is 1. The molecule has 0 spiro atoms. The van der Waals surface area contributed by atoms with Crippen LogP contribution < -0.4 is 10.6 Å². The fourth-order valence-electron chi connectivity index (χ4n) is 3.55. The van der Waals surface area contributed by atoms with Crippen molar-refractivity contribution in [3.8, 4) is 0 Å².